The van der Waals surface area contributed by atoms with Gasteiger partial charge in [0.2, 0.25) is 5.91 Å². The number of aromatic nitrogens is 3. The van der Waals surface area contributed by atoms with Crippen molar-refractivity contribution in [1.82, 2.24) is 20.3 Å². The average molecular weight is 512 g/mol. The number of anilines is 1. The van der Waals surface area contributed by atoms with Gasteiger partial charge < -0.3 is 15.4 Å². The molecule has 0 saturated heterocycles. The number of nitrogens with one attached hydrogen (secondary N) is 2. The number of benzene rings is 2. The summed E-state index contributed by atoms with van der Waals surface area (Å²) in [6, 6.07) is 13.6. The molecule has 1 aromatic heterocycles. The van der Waals surface area contributed by atoms with Gasteiger partial charge in [-0.1, -0.05) is 48.9 Å². The highest BCUT2D eigenvalue weighted by Gasteiger charge is 2.25. The molecule has 2 amide bonds. The van der Waals surface area contributed by atoms with E-state index in [-0.39, 0.29) is 12.3 Å². The predicted octanol–water partition coefficient (Wildman–Crippen LogP) is 5.58. The molecule has 0 saturated carbocycles. The molecule has 3 rings (SSSR count). The highest BCUT2D eigenvalue weighted by Crippen LogP contribution is 2.19. The Kier molecular flexibility index (Phi) is 9.09. The molecule has 0 unspecified atom stereocenters. The van der Waals surface area contributed by atoms with E-state index in [0.29, 0.717) is 16.6 Å². The molecule has 8 nitrogen and oxygen atoms in total. The van der Waals surface area contributed by atoms with Crippen LogP contribution in [0, 0.1) is 5.92 Å². The van der Waals surface area contributed by atoms with Gasteiger partial charge in [-0.15, -0.1) is 5.10 Å². The summed E-state index contributed by atoms with van der Waals surface area (Å²) in [5.74, 6) is 0.200. The fourth-order valence-electron chi connectivity index (χ4n) is 3.54. The Morgan fingerprint density at radius 1 is 1.08 bits per heavy atom. The van der Waals surface area contributed by atoms with E-state index in [9.17, 15) is 9.59 Å². The van der Waals surface area contributed by atoms with Crippen molar-refractivity contribution < 1.29 is 14.3 Å². The predicted molar refractivity (Wildman–Crippen MR) is 141 cm³/mol. The summed E-state index contributed by atoms with van der Waals surface area (Å²) in [7, 11) is 0. The fourth-order valence-corrected chi connectivity index (χ4v) is 3.75. The molecule has 2 aromatic carbocycles. The van der Waals surface area contributed by atoms with Gasteiger partial charge in [-0.25, -0.2) is 9.48 Å². The van der Waals surface area contributed by atoms with Crippen molar-refractivity contribution in [2.45, 2.75) is 65.5 Å². The van der Waals surface area contributed by atoms with Gasteiger partial charge in [0.25, 0.3) is 0 Å². The second-order valence-electron chi connectivity index (χ2n) is 10.1. The zero-order valence-corrected chi connectivity index (χ0v) is 22.2. The summed E-state index contributed by atoms with van der Waals surface area (Å²) in [5, 5.41) is 14.3. The average Bonchev–Trinajstić information content (AvgIpc) is 3.26. The third-order valence-electron chi connectivity index (χ3n) is 5.37. The Hall–Kier alpha value is -3.39. The van der Waals surface area contributed by atoms with Crippen molar-refractivity contribution in [2.75, 3.05) is 5.32 Å². The van der Waals surface area contributed by atoms with E-state index in [1.54, 1.807) is 49.8 Å². The molecule has 192 valence electrons. The second-order valence-corrected chi connectivity index (χ2v) is 10.5. The number of carbonyl (C=O) groups is 2. The van der Waals surface area contributed by atoms with Crippen molar-refractivity contribution in [3.05, 3.63) is 71.0 Å². The van der Waals surface area contributed by atoms with Crippen LogP contribution >= 0.6 is 11.6 Å². The normalized spacial score (nSPS) is 12.3. The van der Waals surface area contributed by atoms with E-state index in [1.807, 2.05) is 30.3 Å². The Labute approximate surface area is 217 Å². The van der Waals surface area contributed by atoms with Gasteiger partial charge in [-0.2, -0.15) is 0 Å². The van der Waals surface area contributed by atoms with Crippen LogP contribution in [0.1, 0.15) is 52.3 Å². The zero-order chi connectivity index (χ0) is 26.3. The summed E-state index contributed by atoms with van der Waals surface area (Å²) in [6.45, 7) is 9.66. The van der Waals surface area contributed by atoms with Crippen molar-refractivity contribution >= 4 is 29.3 Å². The minimum absolute atomic E-state index is 0.209. The van der Waals surface area contributed by atoms with Crippen LogP contribution < -0.4 is 10.6 Å². The molecular weight excluding hydrogens is 478 g/mol. The third-order valence-corrected chi connectivity index (χ3v) is 5.74. The first-order valence-corrected chi connectivity index (χ1v) is 12.4. The molecule has 1 atom stereocenters. The topological polar surface area (TPSA) is 98.1 Å². The van der Waals surface area contributed by atoms with Crippen LogP contribution in [0.3, 0.4) is 0 Å². The van der Waals surface area contributed by atoms with Gasteiger partial charge in [-0.3, -0.25) is 4.79 Å². The summed E-state index contributed by atoms with van der Waals surface area (Å²) in [6.07, 6.45) is 3.23. The number of hydrogen-bond acceptors (Lipinski definition) is 5. The third kappa shape index (κ3) is 8.09. The number of amides is 2. The minimum Gasteiger partial charge on any atom is -0.444 e. The smallest absolute Gasteiger partial charge is 0.408 e. The first-order chi connectivity index (χ1) is 17.0. The number of halogens is 1. The van der Waals surface area contributed by atoms with Gasteiger partial charge in [0.15, 0.2) is 0 Å². The van der Waals surface area contributed by atoms with Gasteiger partial charge in [0, 0.05) is 17.1 Å². The summed E-state index contributed by atoms with van der Waals surface area (Å²) < 4.78 is 7.16. The first-order valence-electron chi connectivity index (χ1n) is 12.1. The molecule has 3 aromatic rings. The number of alkyl carbamates (subject to hydrolysis) is 1. The van der Waals surface area contributed by atoms with Crippen molar-refractivity contribution in [3.63, 3.8) is 0 Å². The largest absolute Gasteiger partial charge is 0.444 e. The number of aryl methyl sites for hydroxylation is 1. The molecule has 2 N–H and O–H groups in total. The lowest BCUT2D eigenvalue weighted by Gasteiger charge is -2.23. The first kappa shape index (κ1) is 27.2. The maximum atomic E-state index is 13.2. The zero-order valence-electron chi connectivity index (χ0n) is 21.4. The molecule has 0 aliphatic heterocycles. The maximum absolute atomic E-state index is 13.2. The van der Waals surface area contributed by atoms with E-state index in [0.717, 1.165) is 29.8 Å². The molecule has 9 heteroatoms. The standard InChI is InChI=1S/C27H34ClN5O3/c1-18(2)10-13-22-17-29-32-33(22)21-14-11-20(12-15-21)30-25(34)24(31-26(35)36-27(3,4)5)16-19-8-6-7-9-23(19)28/h6-9,11-12,14-15,17-18,24H,10,13,16H2,1-5H3,(H,30,34)(H,31,35)/t24-/m0/s1. The van der Waals surface area contributed by atoms with E-state index in [4.69, 9.17) is 16.3 Å². The van der Waals surface area contributed by atoms with Crippen LogP contribution in [0.4, 0.5) is 10.5 Å². The fraction of sp³-hybridized carbons (Fsp3) is 0.407. The molecule has 36 heavy (non-hydrogen) atoms. The Balaban J connectivity index is 1.73. The van der Waals surface area contributed by atoms with Gasteiger partial charge in [0.05, 0.1) is 17.6 Å². The van der Waals surface area contributed by atoms with Crippen LogP contribution in [0.15, 0.2) is 54.7 Å². The summed E-state index contributed by atoms with van der Waals surface area (Å²) >= 11 is 6.31. The van der Waals surface area contributed by atoms with Crippen LogP contribution in [0.2, 0.25) is 5.02 Å². The molecule has 0 spiro atoms. The van der Waals surface area contributed by atoms with Gasteiger partial charge in [0.1, 0.15) is 11.6 Å². The molecule has 0 fully saturated rings. The van der Waals surface area contributed by atoms with Crippen molar-refractivity contribution in [2.24, 2.45) is 5.92 Å². The lowest BCUT2D eigenvalue weighted by atomic mass is 10.0. The van der Waals surface area contributed by atoms with Crippen LogP contribution in [-0.4, -0.2) is 38.6 Å². The monoisotopic (exact) mass is 511 g/mol. The molecule has 0 aliphatic rings. The Morgan fingerprint density at radius 2 is 1.78 bits per heavy atom. The van der Waals surface area contributed by atoms with Crippen LogP contribution in [0.25, 0.3) is 5.69 Å². The SMILES string of the molecule is CC(C)CCc1cnnn1-c1ccc(NC(=O)[C@H](Cc2ccccc2Cl)NC(=O)OC(C)(C)C)cc1. The number of carbonyl (C=O) groups excluding carboxylic acids is 2. The molecule has 0 radical (unpaired) electrons. The summed E-state index contributed by atoms with van der Waals surface area (Å²) in [5.41, 5.74) is 2.51. The maximum Gasteiger partial charge on any atom is 0.408 e. The Bertz CT molecular complexity index is 1170. The van der Waals surface area contributed by atoms with Crippen molar-refractivity contribution in [3.8, 4) is 5.69 Å². The van der Waals surface area contributed by atoms with E-state index in [1.165, 1.54) is 0 Å². The van der Waals surface area contributed by atoms with Gasteiger partial charge in [-0.05, 0) is 75.4 Å². The highest BCUT2D eigenvalue weighted by molar-refractivity contribution is 6.31. The molecule has 0 aliphatic carbocycles. The summed E-state index contributed by atoms with van der Waals surface area (Å²) in [4.78, 5) is 25.6. The number of rotatable bonds is 9. The molecule has 1 heterocycles. The van der Waals surface area contributed by atoms with E-state index >= 15 is 0 Å². The van der Waals surface area contributed by atoms with Crippen LogP contribution in [0.5, 0.6) is 0 Å². The van der Waals surface area contributed by atoms with E-state index < -0.39 is 17.7 Å². The van der Waals surface area contributed by atoms with E-state index in [2.05, 4.69) is 34.8 Å². The number of hydrogen-bond donors (Lipinski definition) is 2. The number of nitrogens with zero attached hydrogens (tertiary/aromatic N) is 3. The minimum atomic E-state index is -0.891. The molecular formula is C27H34ClN5O3. The number of ether oxygens (including phenoxy) is 1. The highest BCUT2D eigenvalue weighted by atomic mass is 35.5. The quantitative estimate of drug-likeness (QED) is 0.390. The second kappa shape index (κ2) is 12.0. The van der Waals surface area contributed by atoms with Crippen LogP contribution in [-0.2, 0) is 22.4 Å². The lowest BCUT2D eigenvalue weighted by molar-refractivity contribution is -0.118. The lowest BCUT2D eigenvalue weighted by Crippen LogP contribution is -2.47. The van der Waals surface area contributed by atoms with Gasteiger partial charge >= 0.3 is 6.09 Å². The Morgan fingerprint density at radius 3 is 2.42 bits per heavy atom. The molecule has 0 bridgehead atoms. The van der Waals surface area contributed by atoms with Crippen molar-refractivity contribution in [1.29, 1.82) is 0 Å².